The summed E-state index contributed by atoms with van der Waals surface area (Å²) < 4.78 is 5.00. The molecule has 2 N–H and O–H groups in total. The number of aliphatic imine (C=N–C) groups is 2. The number of urea groups is 1. The Morgan fingerprint density at radius 1 is 1.11 bits per heavy atom. The fourth-order valence-electron chi connectivity index (χ4n) is 2.37. The van der Waals surface area contributed by atoms with Gasteiger partial charge in [0, 0.05) is 24.0 Å². The third kappa shape index (κ3) is 6.02. The van der Waals surface area contributed by atoms with Crippen LogP contribution in [-0.2, 0) is 19.1 Å². The quantitative estimate of drug-likeness (QED) is 0.702. The second kappa shape index (κ2) is 9.79. The van der Waals surface area contributed by atoms with Gasteiger partial charge in [0.25, 0.3) is 0 Å². The van der Waals surface area contributed by atoms with E-state index in [1.54, 1.807) is 38.1 Å². The van der Waals surface area contributed by atoms with Gasteiger partial charge in [0.2, 0.25) is 11.8 Å². The topological polar surface area (TPSA) is 126 Å². The van der Waals surface area contributed by atoms with Gasteiger partial charge >= 0.3 is 12.0 Å². The largest absolute Gasteiger partial charge is 0.465 e. The minimum atomic E-state index is -0.882. The van der Waals surface area contributed by atoms with Crippen molar-refractivity contribution in [3.63, 3.8) is 0 Å². The Morgan fingerprint density at radius 2 is 1.71 bits per heavy atom. The maximum absolute atomic E-state index is 12.2. The number of hydrogen-bond acceptors (Lipinski definition) is 6. The van der Waals surface area contributed by atoms with Crippen molar-refractivity contribution < 1.29 is 23.9 Å². The van der Waals surface area contributed by atoms with E-state index < -0.39 is 17.9 Å². The van der Waals surface area contributed by atoms with E-state index >= 15 is 0 Å². The molecule has 10 heteroatoms. The van der Waals surface area contributed by atoms with Gasteiger partial charge in [0.05, 0.1) is 17.4 Å². The van der Waals surface area contributed by atoms with Crippen molar-refractivity contribution in [2.24, 2.45) is 15.9 Å². The Balaban J connectivity index is 1.97. The highest BCUT2D eigenvalue weighted by molar-refractivity contribution is 8.14. The van der Waals surface area contributed by atoms with Gasteiger partial charge in [-0.15, -0.1) is 0 Å². The summed E-state index contributed by atoms with van der Waals surface area (Å²) in [5.74, 6) is -2.02. The Hall–Kier alpha value is -3.01. The van der Waals surface area contributed by atoms with Crippen LogP contribution in [0.15, 0.2) is 34.3 Å². The van der Waals surface area contributed by atoms with E-state index in [1.165, 1.54) is 6.92 Å². The molecule has 0 fully saturated rings. The van der Waals surface area contributed by atoms with Gasteiger partial charge in [0.1, 0.15) is 5.92 Å². The van der Waals surface area contributed by atoms with Crippen molar-refractivity contribution in [3.8, 4) is 0 Å². The molecule has 1 aromatic rings. The minimum Gasteiger partial charge on any atom is -0.465 e. The van der Waals surface area contributed by atoms with Gasteiger partial charge in [-0.05, 0) is 38.1 Å². The Labute approximate surface area is 166 Å². The van der Waals surface area contributed by atoms with Crippen LogP contribution >= 0.6 is 11.8 Å². The number of benzene rings is 1. The lowest BCUT2D eigenvalue weighted by atomic mass is 10.1. The molecular formula is C18H20N4O5S. The standard InChI is InChI=1S/C18H20N4O5S/c1-4-27-17(25)15-10(2)19-18(26)22-16(15)28-9-14(24)21-13-7-5-12(6-8-13)20-11(3)23/h5-8,15H,4,9H2,1-3H3,(H,20,23)(H,21,24). The van der Waals surface area contributed by atoms with E-state index in [1.807, 2.05) is 0 Å². The summed E-state index contributed by atoms with van der Waals surface area (Å²) in [7, 11) is 0. The van der Waals surface area contributed by atoms with Crippen LogP contribution in [0.1, 0.15) is 20.8 Å². The minimum absolute atomic E-state index is 0.0528. The van der Waals surface area contributed by atoms with Gasteiger partial charge < -0.3 is 15.4 Å². The summed E-state index contributed by atoms with van der Waals surface area (Å²) in [6.45, 7) is 4.81. The molecular weight excluding hydrogens is 384 g/mol. The molecule has 0 aliphatic carbocycles. The fraction of sp³-hybridized carbons (Fsp3) is 0.333. The van der Waals surface area contributed by atoms with Crippen LogP contribution in [0.4, 0.5) is 16.2 Å². The van der Waals surface area contributed by atoms with E-state index in [9.17, 15) is 19.2 Å². The summed E-state index contributed by atoms with van der Waals surface area (Å²) in [6, 6.07) is 5.89. The summed E-state index contributed by atoms with van der Waals surface area (Å²) in [5, 5.41) is 5.51. The second-order valence-electron chi connectivity index (χ2n) is 5.77. The van der Waals surface area contributed by atoms with Crippen LogP contribution < -0.4 is 10.6 Å². The molecule has 1 unspecified atom stereocenters. The Morgan fingerprint density at radius 3 is 2.29 bits per heavy atom. The molecule has 1 aliphatic heterocycles. The zero-order valence-corrected chi connectivity index (χ0v) is 16.5. The lowest BCUT2D eigenvalue weighted by molar-refractivity contribution is -0.143. The van der Waals surface area contributed by atoms with Crippen molar-refractivity contribution >= 4 is 57.7 Å². The normalized spacial score (nSPS) is 16.0. The molecule has 0 spiro atoms. The number of nitrogens with one attached hydrogen (secondary N) is 2. The molecule has 2 rings (SSSR count). The van der Waals surface area contributed by atoms with Crippen LogP contribution in [0.5, 0.6) is 0 Å². The molecule has 1 aliphatic rings. The monoisotopic (exact) mass is 404 g/mol. The lowest BCUT2D eigenvalue weighted by Crippen LogP contribution is -2.34. The third-order valence-corrected chi connectivity index (χ3v) is 4.53. The summed E-state index contributed by atoms with van der Waals surface area (Å²) in [6.07, 6.45) is 0. The highest BCUT2D eigenvalue weighted by Crippen LogP contribution is 2.22. The number of hydrogen-bond donors (Lipinski definition) is 2. The van der Waals surface area contributed by atoms with Crippen molar-refractivity contribution in [3.05, 3.63) is 24.3 Å². The average Bonchev–Trinajstić information content (AvgIpc) is 2.61. The van der Waals surface area contributed by atoms with Gasteiger partial charge in [0.15, 0.2) is 0 Å². The number of anilines is 2. The van der Waals surface area contributed by atoms with E-state index in [0.717, 1.165) is 11.8 Å². The zero-order chi connectivity index (χ0) is 20.7. The average molecular weight is 404 g/mol. The molecule has 0 saturated carbocycles. The van der Waals surface area contributed by atoms with Crippen LogP contribution in [0.2, 0.25) is 0 Å². The van der Waals surface area contributed by atoms with Gasteiger partial charge in [-0.25, -0.2) is 4.79 Å². The predicted octanol–water partition coefficient (Wildman–Crippen LogP) is 2.49. The molecule has 4 amide bonds. The van der Waals surface area contributed by atoms with Crippen LogP contribution in [0, 0.1) is 5.92 Å². The van der Waals surface area contributed by atoms with Gasteiger partial charge in [-0.3, -0.25) is 14.4 Å². The molecule has 1 heterocycles. The smallest absolute Gasteiger partial charge is 0.367 e. The number of rotatable bonds is 6. The first-order valence-corrected chi connectivity index (χ1v) is 9.43. The van der Waals surface area contributed by atoms with Crippen LogP contribution in [0.3, 0.4) is 0 Å². The number of amides is 4. The Kier molecular flexibility index (Phi) is 7.44. The number of thioether (sulfide) groups is 1. The van der Waals surface area contributed by atoms with Crippen LogP contribution in [-0.4, -0.2) is 46.9 Å². The maximum atomic E-state index is 12.2. The van der Waals surface area contributed by atoms with Gasteiger partial charge in [-0.1, -0.05) is 11.8 Å². The van der Waals surface area contributed by atoms with Crippen molar-refractivity contribution in [1.29, 1.82) is 0 Å². The predicted molar refractivity (Wildman–Crippen MR) is 108 cm³/mol. The van der Waals surface area contributed by atoms with Gasteiger partial charge in [-0.2, -0.15) is 9.98 Å². The highest BCUT2D eigenvalue weighted by atomic mass is 32.2. The molecule has 0 aromatic heterocycles. The third-order valence-electron chi connectivity index (χ3n) is 3.51. The Bertz CT molecular complexity index is 848. The number of nitrogens with zero attached hydrogens (tertiary/aromatic N) is 2. The first kappa shape index (κ1) is 21.3. The molecule has 28 heavy (non-hydrogen) atoms. The van der Waals surface area contributed by atoms with E-state index in [4.69, 9.17) is 4.74 Å². The van der Waals surface area contributed by atoms with Crippen LogP contribution in [0.25, 0.3) is 0 Å². The summed E-state index contributed by atoms with van der Waals surface area (Å²) >= 11 is 0.985. The SMILES string of the molecule is CCOC(=O)C1C(C)=NC(=O)N=C1SCC(=O)Nc1ccc(NC(C)=O)cc1. The van der Waals surface area contributed by atoms with Crippen molar-refractivity contribution in [2.45, 2.75) is 20.8 Å². The molecule has 9 nitrogen and oxygen atoms in total. The van der Waals surface area contributed by atoms with E-state index in [2.05, 4.69) is 20.6 Å². The number of carbonyl (C=O) groups is 4. The zero-order valence-electron chi connectivity index (χ0n) is 15.6. The van der Waals surface area contributed by atoms with Crippen molar-refractivity contribution in [2.75, 3.05) is 23.0 Å². The highest BCUT2D eigenvalue weighted by Gasteiger charge is 2.33. The molecule has 1 aromatic carbocycles. The number of ether oxygens (including phenoxy) is 1. The van der Waals surface area contributed by atoms with E-state index in [-0.39, 0.29) is 34.9 Å². The summed E-state index contributed by atoms with van der Waals surface area (Å²) in [5.41, 5.74) is 1.44. The molecule has 1 atom stereocenters. The summed E-state index contributed by atoms with van der Waals surface area (Å²) in [4.78, 5) is 54.4. The maximum Gasteiger partial charge on any atom is 0.367 e. The van der Waals surface area contributed by atoms with E-state index in [0.29, 0.717) is 11.4 Å². The molecule has 0 radical (unpaired) electrons. The second-order valence-corrected chi connectivity index (χ2v) is 6.76. The van der Waals surface area contributed by atoms with Crippen molar-refractivity contribution in [1.82, 2.24) is 0 Å². The number of esters is 1. The first-order valence-electron chi connectivity index (χ1n) is 8.44. The lowest BCUT2D eigenvalue weighted by Gasteiger charge is -2.19. The number of carbonyl (C=O) groups excluding carboxylic acids is 4. The fourth-order valence-corrected chi connectivity index (χ4v) is 3.29. The molecule has 148 valence electrons. The first-order chi connectivity index (χ1) is 13.3. The molecule has 0 saturated heterocycles. The molecule has 0 bridgehead atoms.